The first-order valence-electron chi connectivity index (χ1n) is 10.1. The van der Waals surface area contributed by atoms with Crippen molar-refractivity contribution in [3.8, 4) is 11.1 Å². The molecule has 0 amide bonds. The molecule has 6 nitrogen and oxygen atoms in total. The summed E-state index contributed by atoms with van der Waals surface area (Å²) in [6.45, 7) is 1.48. The second kappa shape index (κ2) is 8.97. The Kier molecular flexibility index (Phi) is 6.06. The molecule has 0 saturated heterocycles. The summed E-state index contributed by atoms with van der Waals surface area (Å²) in [5.74, 6) is -4.88. The summed E-state index contributed by atoms with van der Waals surface area (Å²) >= 11 is 0. The molecule has 0 radical (unpaired) electrons. The third kappa shape index (κ3) is 4.47. The molecule has 0 aliphatic carbocycles. The van der Waals surface area contributed by atoms with Crippen molar-refractivity contribution in [3.05, 3.63) is 110 Å². The predicted octanol–water partition coefficient (Wildman–Crippen LogP) is 4.27. The van der Waals surface area contributed by atoms with E-state index in [1.54, 1.807) is 26.2 Å². The Hall–Kier alpha value is -4.21. The summed E-state index contributed by atoms with van der Waals surface area (Å²) in [6, 6.07) is 8.59. The van der Waals surface area contributed by atoms with E-state index >= 15 is 0 Å². The average molecular weight is 470 g/mol. The Morgan fingerprint density at radius 3 is 2.32 bits per heavy atom. The minimum Gasteiger partial charge on any atom is -0.325 e. The van der Waals surface area contributed by atoms with Gasteiger partial charge in [0.05, 0.1) is 12.1 Å². The highest BCUT2D eigenvalue weighted by atomic mass is 19.2. The van der Waals surface area contributed by atoms with Crippen molar-refractivity contribution < 1.29 is 17.6 Å². The molecule has 4 aromatic rings. The molecule has 1 N–H and O–H groups in total. The van der Waals surface area contributed by atoms with Gasteiger partial charge in [0.15, 0.2) is 17.5 Å². The summed E-state index contributed by atoms with van der Waals surface area (Å²) < 4.78 is 58.0. The van der Waals surface area contributed by atoms with Gasteiger partial charge in [-0.15, -0.1) is 0 Å². The van der Waals surface area contributed by atoms with Gasteiger partial charge in [-0.2, -0.15) is 4.98 Å². The number of anilines is 2. The molecule has 0 saturated carbocycles. The maximum atomic E-state index is 14.8. The Morgan fingerprint density at radius 2 is 1.62 bits per heavy atom. The number of aryl methyl sites for hydroxylation is 2. The fourth-order valence-electron chi connectivity index (χ4n) is 3.49. The van der Waals surface area contributed by atoms with E-state index in [1.807, 2.05) is 0 Å². The van der Waals surface area contributed by atoms with Gasteiger partial charge in [-0.05, 0) is 54.4 Å². The van der Waals surface area contributed by atoms with Crippen LogP contribution in [0.3, 0.4) is 0 Å². The summed E-state index contributed by atoms with van der Waals surface area (Å²) in [4.78, 5) is 28.3. The van der Waals surface area contributed by atoms with Crippen LogP contribution in [0.15, 0.2) is 64.4 Å². The van der Waals surface area contributed by atoms with Gasteiger partial charge in [0.25, 0.3) is 11.1 Å². The van der Waals surface area contributed by atoms with Crippen LogP contribution in [0.4, 0.5) is 29.2 Å². The molecule has 2 aromatic carbocycles. The molecule has 0 fully saturated rings. The van der Waals surface area contributed by atoms with Crippen molar-refractivity contribution in [2.75, 3.05) is 5.32 Å². The number of aromatic nitrogens is 3. The zero-order chi connectivity index (χ0) is 24.6. The van der Waals surface area contributed by atoms with E-state index in [9.17, 15) is 27.2 Å². The van der Waals surface area contributed by atoms with Gasteiger partial charge in [-0.3, -0.25) is 9.59 Å². The van der Waals surface area contributed by atoms with Gasteiger partial charge in [0.2, 0.25) is 5.95 Å². The molecule has 0 aliphatic rings. The first kappa shape index (κ1) is 23.0. The van der Waals surface area contributed by atoms with E-state index in [4.69, 9.17) is 0 Å². The van der Waals surface area contributed by atoms with Gasteiger partial charge in [-0.25, -0.2) is 17.6 Å². The van der Waals surface area contributed by atoms with Crippen molar-refractivity contribution in [2.45, 2.75) is 13.5 Å². The minimum absolute atomic E-state index is 0.000682. The van der Waals surface area contributed by atoms with Crippen LogP contribution in [0.25, 0.3) is 11.1 Å². The van der Waals surface area contributed by atoms with Gasteiger partial charge < -0.3 is 14.5 Å². The highest BCUT2D eigenvalue weighted by Crippen LogP contribution is 2.28. The van der Waals surface area contributed by atoms with Crippen molar-refractivity contribution in [1.82, 2.24) is 14.1 Å². The van der Waals surface area contributed by atoms with E-state index in [0.29, 0.717) is 11.3 Å². The van der Waals surface area contributed by atoms with Crippen LogP contribution in [0.2, 0.25) is 0 Å². The molecular formula is C24H18F4N4O2. The SMILES string of the molecule is Cc1cc(F)c(-c2cccn(C)c2=O)cc1Nc1nc(=O)ccn1Cc1cc(F)c(F)c(F)c1. The van der Waals surface area contributed by atoms with Crippen LogP contribution in [-0.2, 0) is 13.6 Å². The standard InChI is InChI=1S/C24H18F4N4O2/c1-13-8-17(25)16(15-4-3-6-31(2)23(15)34)11-20(13)29-24-30-21(33)5-7-32(24)12-14-9-18(26)22(28)19(27)10-14/h3-11H,12H2,1-2H3,(H,29,30,33). The molecule has 10 heteroatoms. The third-order valence-electron chi connectivity index (χ3n) is 5.26. The molecule has 0 spiro atoms. The summed E-state index contributed by atoms with van der Waals surface area (Å²) in [6.07, 6.45) is 2.90. The van der Waals surface area contributed by atoms with Crippen LogP contribution in [0.1, 0.15) is 11.1 Å². The Balaban J connectivity index is 1.76. The van der Waals surface area contributed by atoms with Gasteiger partial charge in [-0.1, -0.05) is 0 Å². The van der Waals surface area contributed by atoms with Crippen molar-refractivity contribution in [1.29, 1.82) is 0 Å². The number of halogens is 4. The van der Waals surface area contributed by atoms with Gasteiger partial charge in [0.1, 0.15) is 5.82 Å². The fraction of sp³-hybridized carbons (Fsp3) is 0.125. The normalized spacial score (nSPS) is 11.0. The van der Waals surface area contributed by atoms with Crippen LogP contribution in [-0.4, -0.2) is 14.1 Å². The van der Waals surface area contributed by atoms with Crippen LogP contribution in [0, 0.1) is 30.2 Å². The number of nitrogens with zero attached hydrogens (tertiary/aromatic N) is 3. The monoisotopic (exact) mass is 470 g/mol. The molecule has 34 heavy (non-hydrogen) atoms. The van der Waals surface area contributed by atoms with Gasteiger partial charge in [0, 0.05) is 36.8 Å². The lowest BCUT2D eigenvalue weighted by atomic mass is 10.0. The number of nitrogens with one attached hydrogen (secondary N) is 1. The number of hydrogen-bond donors (Lipinski definition) is 1. The lowest BCUT2D eigenvalue weighted by Crippen LogP contribution is -2.18. The summed E-state index contributed by atoms with van der Waals surface area (Å²) in [7, 11) is 1.55. The Bertz CT molecular complexity index is 1510. The number of benzene rings is 2. The van der Waals surface area contributed by atoms with E-state index < -0.39 is 34.4 Å². The molecule has 0 bridgehead atoms. The van der Waals surface area contributed by atoms with E-state index in [-0.39, 0.29) is 29.2 Å². The van der Waals surface area contributed by atoms with E-state index in [2.05, 4.69) is 10.3 Å². The minimum atomic E-state index is -1.58. The first-order chi connectivity index (χ1) is 16.1. The summed E-state index contributed by atoms with van der Waals surface area (Å²) in [5.41, 5.74) is 0.0961. The number of pyridine rings is 1. The van der Waals surface area contributed by atoms with Crippen LogP contribution >= 0.6 is 0 Å². The molecule has 2 heterocycles. The van der Waals surface area contributed by atoms with Crippen molar-refractivity contribution in [2.24, 2.45) is 7.05 Å². The molecule has 0 aliphatic heterocycles. The second-order valence-electron chi connectivity index (χ2n) is 7.70. The molecule has 2 aromatic heterocycles. The highest BCUT2D eigenvalue weighted by Gasteiger charge is 2.16. The largest absolute Gasteiger partial charge is 0.325 e. The number of hydrogen-bond acceptors (Lipinski definition) is 4. The van der Waals surface area contributed by atoms with Crippen LogP contribution < -0.4 is 16.4 Å². The van der Waals surface area contributed by atoms with Crippen LogP contribution in [0.5, 0.6) is 0 Å². The second-order valence-corrected chi connectivity index (χ2v) is 7.70. The molecule has 4 rings (SSSR count). The Morgan fingerprint density at radius 1 is 0.912 bits per heavy atom. The zero-order valence-electron chi connectivity index (χ0n) is 18.1. The molecule has 0 atom stereocenters. The van der Waals surface area contributed by atoms with Crippen molar-refractivity contribution >= 4 is 11.6 Å². The van der Waals surface area contributed by atoms with E-state index in [1.165, 1.54) is 33.5 Å². The topological polar surface area (TPSA) is 68.9 Å². The van der Waals surface area contributed by atoms with Gasteiger partial charge >= 0.3 is 0 Å². The quantitative estimate of drug-likeness (QED) is 0.350. The lowest BCUT2D eigenvalue weighted by molar-refractivity contribution is 0.444. The molecule has 174 valence electrons. The summed E-state index contributed by atoms with van der Waals surface area (Å²) in [5, 5.41) is 2.93. The fourth-order valence-corrected chi connectivity index (χ4v) is 3.49. The average Bonchev–Trinajstić information content (AvgIpc) is 2.78. The highest BCUT2D eigenvalue weighted by molar-refractivity contribution is 5.72. The lowest BCUT2D eigenvalue weighted by Gasteiger charge is -2.17. The third-order valence-corrected chi connectivity index (χ3v) is 5.26. The maximum absolute atomic E-state index is 14.8. The smallest absolute Gasteiger partial charge is 0.274 e. The Labute approximate surface area is 190 Å². The zero-order valence-corrected chi connectivity index (χ0v) is 18.1. The van der Waals surface area contributed by atoms with E-state index in [0.717, 1.165) is 18.2 Å². The predicted molar refractivity (Wildman–Crippen MR) is 119 cm³/mol. The molecular weight excluding hydrogens is 452 g/mol. The molecule has 0 unspecified atom stereocenters. The number of rotatable bonds is 5. The maximum Gasteiger partial charge on any atom is 0.274 e. The first-order valence-corrected chi connectivity index (χ1v) is 10.1. The van der Waals surface area contributed by atoms with Crippen molar-refractivity contribution in [3.63, 3.8) is 0 Å².